The molecule has 3 aromatic heterocycles. The van der Waals surface area contributed by atoms with E-state index in [-0.39, 0.29) is 0 Å². The molecule has 0 amide bonds. The summed E-state index contributed by atoms with van der Waals surface area (Å²) in [5.41, 5.74) is 6.78. The van der Waals surface area contributed by atoms with Crippen LogP contribution in [0.3, 0.4) is 0 Å². The van der Waals surface area contributed by atoms with Crippen LogP contribution in [-0.2, 0) is 7.05 Å². The second kappa shape index (κ2) is 4.90. The zero-order valence-corrected chi connectivity index (χ0v) is 14.9. The van der Waals surface area contributed by atoms with Gasteiger partial charge in [-0.25, -0.2) is 0 Å². The van der Waals surface area contributed by atoms with Crippen molar-refractivity contribution in [3.8, 4) is 11.3 Å². The van der Waals surface area contributed by atoms with Gasteiger partial charge in [0.1, 0.15) is 11.7 Å². The van der Waals surface area contributed by atoms with Crippen molar-refractivity contribution in [1.29, 1.82) is 0 Å². The molecule has 0 spiro atoms. The van der Waals surface area contributed by atoms with E-state index in [1.165, 1.54) is 47.4 Å². The number of aromatic nitrogens is 1. The van der Waals surface area contributed by atoms with Crippen molar-refractivity contribution < 1.29 is 4.57 Å². The number of nitrogens with zero attached hydrogens (tertiary/aromatic N) is 1. The molecule has 0 saturated heterocycles. The van der Waals surface area contributed by atoms with Crippen molar-refractivity contribution in [2.24, 2.45) is 7.05 Å². The third-order valence-electron chi connectivity index (χ3n) is 4.43. The molecule has 0 N–H and O–H groups in total. The maximum absolute atomic E-state index is 2.32. The minimum Gasteiger partial charge on any atom is -0.200 e. The highest BCUT2D eigenvalue weighted by molar-refractivity contribution is 7.32. The molecule has 0 bridgehead atoms. The molecule has 3 heteroatoms. The molecule has 4 aromatic rings. The molecule has 22 heavy (non-hydrogen) atoms. The first-order chi connectivity index (χ1) is 10.6. The number of thiophene rings is 2. The molecule has 0 unspecified atom stereocenters. The lowest BCUT2D eigenvalue weighted by Gasteiger charge is -2.10. The highest BCUT2D eigenvalue weighted by Gasteiger charge is 2.21. The molecule has 0 radical (unpaired) electrons. The second-order valence-electron chi connectivity index (χ2n) is 5.99. The van der Waals surface area contributed by atoms with Crippen LogP contribution in [0.2, 0.25) is 0 Å². The highest BCUT2D eigenvalue weighted by atomic mass is 32.1. The topological polar surface area (TPSA) is 3.88 Å². The van der Waals surface area contributed by atoms with Gasteiger partial charge in [-0.1, -0.05) is 11.6 Å². The highest BCUT2D eigenvalue weighted by Crippen LogP contribution is 2.41. The Morgan fingerprint density at radius 3 is 2.64 bits per heavy atom. The number of pyridine rings is 1. The van der Waals surface area contributed by atoms with Crippen LogP contribution in [0.4, 0.5) is 0 Å². The predicted octanol–water partition coefficient (Wildman–Crippen LogP) is 5.53. The molecule has 0 atom stereocenters. The SMILES string of the molecule is Cc1cc(C)c(C)c(-c2c3sc4ccsc4c3cc[n+]2C)c1. The zero-order chi connectivity index (χ0) is 15.4. The van der Waals surface area contributed by atoms with Crippen LogP contribution >= 0.6 is 22.7 Å². The van der Waals surface area contributed by atoms with E-state index in [0.29, 0.717) is 0 Å². The zero-order valence-electron chi connectivity index (χ0n) is 13.2. The molecule has 0 aliphatic carbocycles. The lowest BCUT2D eigenvalue weighted by Crippen LogP contribution is -2.30. The van der Waals surface area contributed by atoms with Crippen LogP contribution in [-0.4, -0.2) is 0 Å². The summed E-state index contributed by atoms with van der Waals surface area (Å²) in [5, 5.41) is 3.58. The van der Waals surface area contributed by atoms with E-state index in [9.17, 15) is 0 Å². The van der Waals surface area contributed by atoms with Gasteiger partial charge in [-0.3, -0.25) is 0 Å². The molecule has 0 aliphatic rings. The average Bonchev–Trinajstić information content (AvgIpc) is 3.03. The smallest absolute Gasteiger partial charge is 0.200 e. The van der Waals surface area contributed by atoms with E-state index in [2.05, 4.69) is 68.2 Å². The normalized spacial score (nSPS) is 11.6. The molecule has 0 saturated carbocycles. The van der Waals surface area contributed by atoms with Crippen molar-refractivity contribution in [3.05, 3.63) is 52.5 Å². The standard InChI is InChI=1S/C19H18NS2/c1-11-9-12(2)13(3)15(10-11)17-19-14(5-7-20(17)4)18-16(22-19)6-8-21-18/h5-10H,1-4H3/q+1. The van der Waals surface area contributed by atoms with Gasteiger partial charge < -0.3 is 0 Å². The molecular weight excluding hydrogens is 306 g/mol. The lowest BCUT2D eigenvalue weighted by atomic mass is 9.97. The van der Waals surface area contributed by atoms with Crippen LogP contribution in [0.15, 0.2) is 35.8 Å². The lowest BCUT2D eigenvalue weighted by molar-refractivity contribution is -0.659. The Balaban J connectivity index is 2.16. The number of hydrogen-bond donors (Lipinski definition) is 0. The number of rotatable bonds is 1. The monoisotopic (exact) mass is 324 g/mol. The first kappa shape index (κ1) is 13.9. The van der Waals surface area contributed by atoms with E-state index in [4.69, 9.17) is 0 Å². The summed E-state index contributed by atoms with van der Waals surface area (Å²) < 4.78 is 6.49. The van der Waals surface area contributed by atoms with Gasteiger partial charge in [-0.2, -0.15) is 4.57 Å². The van der Waals surface area contributed by atoms with Gasteiger partial charge in [-0.05, 0) is 49.4 Å². The van der Waals surface area contributed by atoms with Gasteiger partial charge in [0.05, 0.1) is 10.3 Å². The third kappa shape index (κ3) is 1.93. The van der Waals surface area contributed by atoms with E-state index >= 15 is 0 Å². The molecule has 0 fully saturated rings. The van der Waals surface area contributed by atoms with Crippen LogP contribution in [0, 0.1) is 20.8 Å². The fourth-order valence-corrected chi connectivity index (χ4v) is 5.62. The minimum atomic E-state index is 1.33. The van der Waals surface area contributed by atoms with Gasteiger partial charge >= 0.3 is 0 Å². The first-order valence-electron chi connectivity index (χ1n) is 7.43. The van der Waals surface area contributed by atoms with Crippen LogP contribution in [0.25, 0.3) is 30.7 Å². The van der Waals surface area contributed by atoms with Gasteiger partial charge in [0, 0.05) is 16.2 Å². The number of aryl methyl sites for hydroxylation is 3. The van der Waals surface area contributed by atoms with E-state index in [1.807, 2.05) is 22.7 Å². The Morgan fingerprint density at radius 1 is 1.00 bits per heavy atom. The van der Waals surface area contributed by atoms with E-state index in [0.717, 1.165) is 0 Å². The summed E-state index contributed by atoms with van der Waals surface area (Å²) in [6, 6.07) is 9.09. The van der Waals surface area contributed by atoms with Crippen molar-refractivity contribution >= 4 is 42.2 Å². The van der Waals surface area contributed by atoms with Gasteiger partial charge in [-0.15, -0.1) is 22.7 Å². The van der Waals surface area contributed by atoms with Crippen molar-refractivity contribution in [2.75, 3.05) is 0 Å². The first-order valence-corrected chi connectivity index (χ1v) is 9.12. The Bertz CT molecular complexity index is 1020. The van der Waals surface area contributed by atoms with Gasteiger partial charge in [0.2, 0.25) is 5.69 Å². The average molecular weight is 324 g/mol. The molecule has 0 aliphatic heterocycles. The quantitative estimate of drug-likeness (QED) is 0.405. The maximum Gasteiger partial charge on any atom is 0.230 e. The molecule has 1 nitrogen and oxygen atoms in total. The largest absolute Gasteiger partial charge is 0.230 e. The summed E-state index contributed by atoms with van der Waals surface area (Å²) in [5.74, 6) is 0. The Labute approximate surface area is 138 Å². The molecular formula is C19H18NS2+. The van der Waals surface area contributed by atoms with Crippen molar-refractivity contribution in [3.63, 3.8) is 0 Å². The Kier molecular flexibility index (Phi) is 3.10. The molecule has 3 heterocycles. The fourth-order valence-electron chi connectivity index (χ4n) is 3.19. The summed E-state index contributed by atoms with van der Waals surface area (Å²) in [6.45, 7) is 6.63. The Morgan fingerprint density at radius 2 is 1.82 bits per heavy atom. The third-order valence-corrected chi connectivity index (χ3v) is 6.68. The minimum absolute atomic E-state index is 1.33. The van der Waals surface area contributed by atoms with Crippen LogP contribution < -0.4 is 4.57 Å². The summed E-state index contributed by atoms with van der Waals surface area (Å²) in [6.07, 6.45) is 2.20. The van der Waals surface area contributed by atoms with Crippen molar-refractivity contribution in [2.45, 2.75) is 20.8 Å². The van der Waals surface area contributed by atoms with Gasteiger partial charge in [0.15, 0.2) is 6.20 Å². The number of benzene rings is 1. The van der Waals surface area contributed by atoms with E-state index < -0.39 is 0 Å². The van der Waals surface area contributed by atoms with Crippen LogP contribution in [0.5, 0.6) is 0 Å². The predicted molar refractivity (Wildman–Crippen MR) is 98.0 cm³/mol. The molecule has 110 valence electrons. The molecule has 1 aromatic carbocycles. The van der Waals surface area contributed by atoms with Crippen molar-refractivity contribution in [1.82, 2.24) is 0 Å². The fraction of sp³-hybridized carbons (Fsp3) is 0.211. The summed E-state index contributed by atoms with van der Waals surface area (Å²) in [7, 11) is 2.15. The Hall–Kier alpha value is -1.71. The maximum atomic E-state index is 2.32. The molecule has 4 rings (SSSR count). The van der Waals surface area contributed by atoms with Crippen LogP contribution in [0.1, 0.15) is 16.7 Å². The van der Waals surface area contributed by atoms with Gasteiger partial charge in [0.25, 0.3) is 0 Å². The summed E-state index contributed by atoms with van der Waals surface area (Å²) >= 11 is 3.76. The number of fused-ring (bicyclic) bond motifs is 3. The second-order valence-corrected chi connectivity index (χ2v) is 7.96. The number of hydrogen-bond acceptors (Lipinski definition) is 2. The summed E-state index contributed by atoms with van der Waals surface area (Å²) in [4.78, 5) is 0. The van der Waals surface area contributed by atoms with E-state index in [1.54, 1.807) is 0 Å².